The summed E-state index contributed by atoms with van der Waals surface area (Å²) < 4.78 is 2.77. The minimum absolute atomic E-state index is 0.275. The van der Waals surface area contributed by atoms with Gasteiger partial charge in [-0.15, -0.1) is 0 Å². The average Bonchev–Trinajstić information content (AvgIpc) is 2.97. The zero-order chi connectivity index (χ0) is 13.9. The van der Waals surface area contributed by atoms with Crippen molar-refractivity contribution < 1.29 is 0 Å². The quantitative estimate of drug-likeness (QED) is 0.803. The molecular formula is C15H13BrN4. The second-order valence-electron chi connectivity index (χ2n) is 4.42. The van der Waals surface area contributed by atoms with Gasteiger partial charge in [-0.05, 0) is 45.8 Å². The van der Waals surface area contributed by atoms with Crippen LogP contribution in [0.15, 0.2) is 65.5 Å². The molecule has 1 aromatic carbocycles. The highest BCUT2D eigenvalue weighted by Gasteiger charge is 2.15. The van der Waals surface area contributed by atoms with Crippen LogP contribution in [0.4, 0.5) is 0 Å². The summed E-state index contributed by atoms with van der Waals surface area (Å²) in [5.41, 5.74) is 9.21. The fourth-order valence-electron chi connectivity index (χ4n) is 2.10. The number of nitrogens with zero attached hydrogens (tertiary/aromatic N) is 3. The molecule has 2 aromatic heterocycles. The van der Waals surface area contributed by atoms with E-state index in [1.807, 2.05) is 47.1 Å². The summed E-state index contributed by atoms with van der Waals surface area (Å²) in [5, 5.41) is 4.36. The van der Waals surface area contributed by atoms with Crippen molar-refractivity contribution in [2.24, 2.45) is 5.73 Å². The molecule has 0 aliphatic heterocycles. The third-order valence-electron chi connectivity index (χ3n) is 3.08. The summed E-state index contributed by atoms with van der Waals surface area (Å²) in [6, 6.07) is 13.6. The van der Waals surface area contributed by atoms with Gasteiger partial charge in [0.05, 0.1) is 17.4 Å². The van der Waals surface area contributed by atoms with E-state index in [-0.39, 0.29) is 6.04 Å². The molecule has 2 heterocycles. The van der Waals surface area contributed by atoms with Crippen LogP contribution in [-0.2, 0) is 0 Å². The maximum absolute atomic E-state index is 6.35. The van der Waals surface area contributed by atoms with E-state index < -0.39 is 0 Å². The summed E-state index contributed by atoms with van der Waals surface area (Å²) in [6.07, 6.45) is 5.27. The van der Waals surface area contributed by atoms with Crippen LogP contribution in [0.1, 0.15) is 17.3 Å². The summed E-state index contributed by atoms with van der Waals surface area (Å²) in [5.74, 6) is 0. The molecule has 100 valence electrons. The number of para-hydroxylation sites is 1. The molecule has 4 nitrogen and oxygen atoms in total. The molecule has 0 fully saturated rings. The number of hydrogen-bond donors (Lipinski definition) is 1. The number of hydrogen-bond acceptors (Lipinski definition) is 3. The van der Waals surface area contributed by atoms with Gasteiger partial charge in [-0.25, -0.2) is 4.68 Å². The smallest absolute Gasteiger partial charge is 0.0743 e. The van der Waals surface area contributed by atoms with Gasteiger partial charge in [0.25, 0.3) is 0 Å². The van der Waals surface area contributed by atoms with Crippen LogP contribution in [0.25, 0.3) is 5.69 Å². The molecule has 0 saturated carbocycles. The summed E-state index contributed by atoms with van der Waals surface area (Å²) in [7, 11) is 0. The standard InChI is InChI=1S/C15H13BrN4/c16-12-8-11(9-18-10-12)15(17)14-6-7-19-20(14)13-4-2-1-3-5-13/h1-10,15H,17H2. The van der Waals surface area contributed by atoms with Crippen LogP contribution in [0.3, 0.4) is 0 Å². The molecule has 5 heteroatoms. The van der Waals surface area contributed by atoms with Crippen molar-refractivity contribution in [2.45, 2.75) is 6.04 Å². The third-order valence-corrected chi connectivity index (χ3v) is 3.51. The van der Waals surface area contributed by atoms with Gasteiger partial charge in [0.15, 0.2) is 0 Å². The third kappa shape index (κ3) is 2.50. The van der Waals surface area contributed by atoms with E-state index in [2.05, 4.69) is 26.0 Å². The van der Waals surface area contributed by atoms with Gasteiger partial charge in [0.2, 0.25) is 0 Å². The molecule has 0 radical (unpaired) electrons. The number of halogens is 1. The Balaban J connectivity index is 2.02. The lowest BCUT2D eigenvalue weighted by molar-refractivity contribution is 0.736. The second kappa shape index (κ2) is 5.56. The molecule has 1 unspecified atom stereocenters. The second-order valence-corrected chi connectivity index (χ2v) is 5.33. The maximum Gasteiger partial charge on any atom is 0.0743 e. The van der Waals surface area contributed by atoms with Crippen molar-refractivity contribution in [1.29, 1.82) is 0 Å². The van der Waals surface area contributed by atoms with Crippen molar-refractivity contribution in [1.82, 2.24) is 14.8 Å². The zero-order valence-corrected chi connectivity index (χ0v) is 12.2. The lowest BCUT2D eigenvalue weighted by Gasteiger charge is -2.14. The van der Waals surface area contributed by atoms with E-state index in [1.165, 1.54) is 0 Å². The van der Waals surface area contributed by atoms with Crippen LogP contribution < -0.4 is 5.73 Å². The Bertz CT molecular complexity index is 709. The molecule has 0 spiro atoms. The molecule has 20 heavy (non-hydrogen) atoms. The van der Waals surface area contributed by atoms with Crippen LogP contribution in [0.2, 0.25) is 0 Å². The Morgan fingerprint density at radius 1 is 1.10 bits per heavy atom. The van der Waals surface area contributed by atoms with Gasteiger partial charge in [0.1, 0.15) is 0 Å². The molecule has 3 aromatic rings. The summed E-state index contributed by atoms with van der Waals surface area (Å²) >= 11 is 3.42. The molecule has 0 aliphatic rings. The van der Waals surface area contributed by atoms with E-state index in [1.54, 1.807) is 18.6 Å². The van der Waals surface area contributed by atoms with E-state index in [4.69, 9.17) is 5.73 Å². The lowest BCUT2D eigenvalue weighted by Crippen LogP contribution is -2.17. The molecule has 3 rings (SSSR count). The first kappa shape index (κ1) is 13.0. The predicted molar refractivity (Wildman–Crippen MR) is 81.5 cm³/mol. The van der Waals surface area contributed by atoms with E-state index >= 15 is 0 Å². The highest BCUT2D eigenvalue weighted by atomic mass is 79.9. The lowest BCUT2D eigenvalue weighted by atomic mass is 10.1. The van der Waals surface area contributed by atoms with E-state index in [0.717, 1.165) is 21.4 Å². The molecule has 0 bridgehead atoms. The molecule has 1 atom stereocenters. The normalized spacial score (nSPS) is 12.3. The predicted octanol–water partition coefficient (Wildman–Crippen LogP) is 3.08. The van der Waals surface area contributed by atoms with Crippen molar-refractivity contribution in [3.8, 4) is 5.69 Å². The first-order valence-corrected chi connectivity index (χ1v) is 7.00. The molecule has 0 saturated heterocycles. The van der Waals surface area contributed by atoms with Crippen molar-refractivity contribution in [3.05, 3.63) is 76.8 Å². The highest BCUT2D eigenvalue weighted by Crippen LogP contribution is 2.23. The van der Waals surface area contributed by atoms with Crippen LogP contribution in [-0.4, -0.2) is 14.8 Å². The van der Waals surface area contributed by atoms with Gasteiger partial charge in [-0.2, -0.15) is 5.10 Å². The first-order valence-electron chi connectivity index (χ1n) is 6.21. The minimum Gasteiger partial charge on any atom is -0.319 e. The van der Waals surface area contributed by atoms with Crippen LogP contribution in [0.5, 0.6) is 0 Å². The minimum atomic E-state index is -0.275. The van der Waals surface area contributed by atoms with Gasteiger partial charge < -0.3 is 5.73 Å². The van der Waals surface area contributed by atoms with Crippen molar-refractivity contribution >= 4 is 15.9 Å². The van der Waals surface area contributed by atoms with Crippen LogP contribution >= 0.6 is 15.9 Å². The highest BCUT2D eigenvalue weighted by molar-refractivity contribution is 9.10. The first-order chi connectivity index (χ1) is 9.75. The Morgan fingerprint density at radius 3 is 2.65 bits per heavy atom. The molecule has 0 aliphatic carbocycles. The van der Waals surface area contributed by atoms with Gasteiger partial charge in [0, 0.05) is 23.1 Å². The largest absolute Gasteiger partial charge is 0.319 e. The molecule has 2 N–H and O–H groups in total. The number of pyridine rings is 1. The monoisotopic (exact) mass is 328 g/mol. The fraction of sp³-hybridized carbons (Fsp3) is 0.0667. The number of aromatic nitrogens is 3. The van der Waals surface area contributed by atoms with E-state index in [9.17, 15) is 0 Å². The van der Waals surface area contributed by atoms with Crippen molar-refractivity contribution in [2.75, 3.05) is 0 Å². The Labute approximate surface area is 125 Å². The Hall–Kier alpha value is -1.98. The Morgan fingerprint density at radius 2 is 1.90 bits per heavy atom. The number of nitrogens with two attached hydrogens (primary N) is 1. The SMILES string of the molecule is NC(c1cncc(Br)c1)c1ccnn1-c1ccccc1. The van der Waals surface area contributed by atoms with Gasteiger partial charge in [-0.1, -0.05) is 18.2 Å². The van der Waals surface area contributed by atoms with Gasteiger partial charge >= 0.3 is 0 Å². The Kier molecular flexibility index (Phi) is 3.62. The molecule has 0 amide bonds. The zero-order valence-electron chi connectivity index (χ0n) is 10.6. The topological polar surface area (TPSA) is 56.7 Å². The van der Waals surface area contributed by atoms with Crippen molar-refractivity contribution in [3.63, 3.8) is 0 Å². The van der Waals surface area contributed by atoms with E-state index in [0.29, 0.717) is 0 Å². The molecular weight excluding hydrogens is 316 g/mol. The number of rotatable bonds is 3. The fourth-order valence-corrected chi connectivity index (χ4v) is 2.49. The van der Waals surface area contributed by atoms with Gasteiger partial charge in [-0.3, -0.25) is 4.98 Å². The maximum atomic E-state index is 6.35. The summed E-state index contributed by atoms with van der Waals surface area (Å²) in [6.45, 7) is 0. The van der Waals surface area contributed by atoms with Crippen LogP contribution in [0, 0.1) is 0 Å². The number of benzene rings is 1. The summed E-state index contributed by atoms with van der Waals surface area (Å²) in [4.78, 5) is 4.16. The average molecular weight is 329 g/mol.